The van der Waals surface area contributed by atoms with Gasteiger partial charge in [-0.25, -0.2) is 4.98 Å². The molecule has 0 saturated heterocycles. The summed E-state index contributed by atoms with van der Waals surface area (Å²) in [7, 11) is 0. The monoisotopic (exact) mass is 278 g/mol. The summed E-state index contributed by atoms with van der Waals surface area (Å²) >= 11 is 1.29. The predicted octanol–water partition coefficient (Wildman–Crippen LogP) is 2.05. The SMILES string of the molecule is O=C(CSc1ccc([N+](=O)[O-])cc1)Nc1ncc[nH]1. The van der Waals surface area contributed by atoms with Gasteiger partial charge in [-0.3, -0.25) is 20.2 Å². The third-order valence-corrected chi connectivity index (χ3v) is 3.19. The van der Waals surface area contributed by atoms with Crippen LogP contribution in [0, 0.1) is 10.1 Å². The first-order valence-electron chi connectivity index (χ1n) is 5.31. The summed E-state index contributed by atoms with van der Waals surface area (Å²) in [6.07, 6.45) is 3.15. The number of rotatable bonds is 5. The first-order valence-corrected chi connectivity index (χ1v) is 6.30. The van der Waals surface area contributed by atoms with Crippen LogP contribution >= 0.6 is 11.8 Å². The molecule has 0 aliphatic heterocycles. The number of amides is 1. The maximum absolute atomic E-state index is 11.6. The molecular formula is C11H10N4O3S. The lowest BCUT2D eigenvalue weighted by atomic mass is 10.3. The van der Waals surface area contributed by atoms with E-state index in [9.17, 15) is 14.9 Å². The zero-order chi connectivity index (χ0) is 13.7. The van der Waals surface area contributed by atoms with E-state index in [0.717, 1.165) is 4.90 Å². The highest BCUT2D eigenvalue weighted by Gasteiger charge is 2.07. The Morgan fingerprint density at radius 1 is 1.42 bits per heavy atom. The van der Waals surface area contributed by atoms with Crippen molar-refractivity contribution in [2.24, 2.45) is 0 Å². The smallest absolute Gasteiger partial charge is 0.269 e. The summed E-state index contributed by atoms with van der Waals surface area (Å²) in [5.41, 5.74) is 0.0318. The van der Waals surface area contributed by atoms with E-state index in [1.165, 1.54) is 23.9 Å². The van der Waals surface area contributed by atoms with E-state index >= 15 is 0 Å². The van der Waals surface area contributed by atoms with E-state index in [-0.39, 0.29) is 17.3 Å². The number of hydrogen-bond acceptors (Lipinski definition) is 5. The van der Waals surface area contributed by atoms with E-state index in [0.29, 0.717) is 5.95 Å². The fourth-order valence-electron chi connectivity index (χ4n) is 1.31. The van der Waals surface area contributed by atoms with Crippen LogP contribution < -0.4 is 5.32 Å². The number of nitro groups is 1. The first kappa shape index (κ1) is 13.1. The lowest BCUT2D eigenvalue weighted by Gasteiger charge is -2.02. The average molecular weight is 278 g/mol. The van der Waals surface area contributed by atoms with Crippen LogP contribution in [0.25, 0.3) is 0 Å². The van der Waals surface area contributed by atoms with Gasteiger partial charge in [-0.05, 0) is 12.1 Å². The van der Waals surface area contributed by atoms with Gasteiger partial charge in [0.1, 0.15) is 0 Å². The molecule has 8 heteroatoms. The van der Waals surface area contributed by atoms with Crippen molar-refractivity contribution in [2.45, 2.75) is 4.90 Å². The molecule has 1 heterocycles. The number of aromatic nitrogens is 2. The Morgan fingerprint density at radius 2 is 2.16 bits per heavy atom. The van der Waals surface area contributed by atoms with Gasteiger partial charge >= 0.3 is 0 Å². The summed E-state index contributed by atoms with van der Waals surface area (Å²) in [6.45, 7) is 0. The fourth-order valence-corrected chi connectivity index (χ4v) is 2.01. The van der Waals surface area contributed by atoms with Crippen molar-refractivity contribution < 1.29 is 9.72 Å². The molecule has 1 aromatic heterocycles. The number of nitro benzene ring substituents is 1. The van der Waals surface area contributed by atoms with Crippen molar-refractivity contribution in [3.63, 3.8) is 0 Å². The van der Waals surface area contributed by atoms with Crippen LogP contribution in [0.1, 0.15) is 0 Å². The third kappa shape index (κ3) is 3.81. The minimum Gasteiger partial charge on any atom is -0.331 e. The number of nitrogens with one attached hydrogen (secondary N) is 2. The summed E-state index contributed by atoms with van der Waals surface area (Å²) in [5, 5.41) is 13.1. The van der Waals surface area contributed by atoms with Crippen LogP contribution in [0.4, 0.5) is 11.6 Å². The molecule has 0 fully saturated rings. The van der Waals surface area contributed by atoms with Crippen molar-refractivity contribution in [1.29, 1.82) is 0 Å². The zero-order valence-corrected chi connectivity index (χ0v) is 10.5. The molecule has 2 N–H and O–H groups in total. The lowest BCUT2D eigenvalue weighted by Crippen LogP contribution is -2.14. The van der Waals surface area contributed by atoms with E-state index in [2.05, 4.69) is 15.3 Å². The molecule has 0 radical (unpaired) electrons. The van der Waals surface area contributed by atoms with Gasteiger partial charge in [0, 0.05) is 29.4 Å². The Kier molecular flexibility index (Phi) is 4.14. The summed E-state index contributed by atoms with van der Waals surface area (Å²) in [6, 6.07) is 6.05. The third-order valence-electron chi connectivity index (χ3n) is 2.17. The second kappa shape index (κ2) is 6.01. The van der Waals surface area contributed by atoms with E-state index < -0.39 is 4.92 Å². The van der Waals surface area contributed by atoms with Crippen LogP contribution in [0.5, 0.6) is 0 Å². The number of imidazole rings is 1. The Morgan fingerprint density at radius 3 is 2.74 bits per heavy atom. The van der Waals surface area contributed by atoms with Crippen LogP contribution in [0.15, 0.2) is 41.6 Å². The highest BCUT2D eigenvalue weighted by atomic mass is 32.2. The fraction of sp³-hybridized carbons (Fsp3) is 0.0909. The molecule has 0 aliphatic rings. The molecule has 0 bridgehead atoms. The second-order valence-corrected chi connectivity index (χ2v) is 4.57. The number of anilines is 1. The number of H-pyrrole nitrogens is 1. The van der Waals surface area contributed by atoms with Crippen molar-refractivity contribution in [3.05, 3.63) is 46.8 Å². The van der Waals surface area contributed by atoms with E-state index in [4.69, 9.17) is 0 Å². The van der Waals surface area contributed by atoms with Crippen molar-refractivity contribution >= 4 is 29.3 Å². The van der Waals surface area contributed by atoms with Crippen molar-refractivity contribution in [2.75, 3.05) is 11.1 Å². The van der Waals surface area contributed by atoms with Gasteiger partial charge in [0.15, 0.2) is 0 Å². The predicted molar refractivity (Wildman–Crippen MR) is 71.0 cm³/mol. The van der Waals surface area contributed by atoms with Crippen LogP contribution in [-0.2, 0) is 4.79 Å². The van der Waals surface area contributed by atoms with Crippen LogP contribution in [-0.4, -0.2) is 26.6 Å². The number of thioether (sulfide) groups is 1. The number of carbonyl (C=O) groups excluding carboxylic acids is 1. The molecule has 19 heavy (non-hydrogen) atoms. The zero-order valence-electron chi connectivity index (χ0n) is 9.70. The number of aromatic amines is 1. The molecule has 2 aromatic rings. The molecule has 0 unspecified atom stereocenters. The van der Waals surface area contributed by atoms with Gasteiger partial charge in [-0.15, -0.1) is 11.8 Å². The van der Waals surface area contributed by atoms with Crippen molar-refractivity contribution in [3.8, 4) is 0 Å². The molecule has 7 nitrogen and oxygen atoms in total. The van der Waals surface area contributed by atoms with Gasteiger partial charge < -0.3 is 4.98 Å². The van der Waals surface area contributed by atoms with Gasteiger partial charge in [-0.2, -0.15) is 0 Å². The molecule has 0 aliphatic carbocycles. The Labute approximate surface area is 112 Å². The number of hydrogen-bond donors (Lipinski definition) is 2. The molecule has 0 spiro atoms. The molecule has 1 amide bonds. The lowest BCUT2D eigenvalue weighted by molar-refractivity contribution is -0.384. The Hall–Kier alpha value is -2.35. The molecular weight excluding hydrogens is 268 g/mol. The minimum atomic E-state index is -0.460. The first-order chi connectivity index (χ1) is 9.15. The van der Waals surface area contributed by atoms with Gasteiger partial charge in [0.05, 0.1) is 10.7 Å². The highest BCUT2D eigenvalue weighted by molar-refractivity contribution is 8.00. The maximum atomic E-state index is 11.6. The van der Waals surface area contributed by atoms with Gasteiger partial charge in [-0.1, -0.05) is 0 Å². The largest absolute Gasteiger partial charge is 0.331 e. The summed E-state index contributed by atoms with van der Waals surface area (Å²) < 4.78 is 0. The number of nitrogens with zero attached hydrogens (tertiary/aromatic N) is 2. The molecule has 0 atom stereocenters. The summed E-state index contributed by atoms with van der Waals surface area (Å²) in [5.74, 6) is 0.408. The molecule has 98 valence electrons. The quantitative estimate of drug-likeness (QED) is 0.495. The average Bonchev–Trinajstić information content (AvgIpc) is 2.89. The van der Waals surface area contributed by atoms with E-state index in [1.807, 2.05) is 0 Å². The topological polar surface area (TPSA) is 101 Å². The second-order valence-electron chi connectivity index (χ2n) is 3.53. The number of non-ortho nitro benzene ring substituents is 1. The Balaban J connectivity index is 1.84. The Bertz CT molecular complexity index is 568. The normalized spacial score (nSPS) is 10.1. The van der Waals surface area contributed by atoms with Crippen LogP contribution in [0.3, 0.4) is 0 Å². The van der Waals surface area contributed by atoms with Crippen molar-refractivity contribution in [1.82, 2.24) is 9.97 Å². The number of benzene rings is 1. The molecule has 1 aromatic carbocycles. The van der Waals surface area contributed by atoms with Crippen LogP contribution in [0.2, 0.25) is 0 Å². The maximum Gasteiger partial charge on any atom is 0.269 e. The van der Waals surface area contributed by atoms with Gasteiger partial charge in [0.2, 0.25) is 11.9 Å². The molecule has 0 saturated carbocycles. The van der Waals surface area contributed by atoms with E-state index in [1.54, 1.807) is 24.5 Å². The summed E-state index contributed by atoms with van der Waals surface area (Å²) in [4.78, 5) is 29.0. The highest BCUT2D eigenvalue weighted by Crippen LogP contribution is 2.21. The van der Waals surface area contributed by atoms with Gasteiger partial charge in [0.25, 0.3) is 5.69 Å². The minimum absolute atomic E-state index is 0.0318. The standard InChI is InChI=1S/C11H10N4O3S/c16-10(14-11-12-5-6-13-11)7-19-9-3-1-8(2-4-9)15(17)18/h1-6H,7H2,(H2,12,13,14,16). The molecule has 2 rings (SSSR count). The number of carbonyl (C=O) groups is 1.